The van der Waals surface area contributed by atoms with E-state index in [1.807, 2.05) is 61.2 Å². The zero-order valence-corrected chi connectivity index (χ0v) is 17.9. The molecule has 2 aromatic heterocycles. The van der Waals surface area contributed by atoms with E-state index in [0.717, 1.165) is 22.1 Å². The number of hydrogen-bond acceptors (Lipinski definition) is 6. The van der Waals surface area contributed by atoms with Crippen LogP contribution >= 0.6 is 0 Å². The Balaban J connectivity index is 0.000000228. The monoisotopic (exact) mass is 536 g/mol. The highest BCUT2D eigenvalue weighted by molar-refractivity contribution is 7.86. The Hall–Kier alpha value is -3.22. The Kier molecular flexibility index (Phi) is 9.55. The second kappa shape index (κ2) is 11.3. The van der Waals surface area contributed by atoms with E-state index >= 15 is 0 Å². The van der Waals surface area contributed by atoms with Gasteiger partial charge in [0.05, 0.1) is 0 Å². The maximum atomic E-state index is 10.7. The molecule has 0 bridgehead atoms. The number of fused-ring (bicyclic) bond motifs is 2. The largest absolute Gasteiger partial charge is 0.741 e. The van der Waals surface area contributed by atoms with E-state index in [1.54, 1.807) is 0 Å². The molecule has 4 N–H and O–H groups in total. The minimum Gasteiger partial charge on any atom is -0.741 e. The number of para-hydroxylation sites is 4. The van der Waals surface area contributed by atoms with Crippen molar-refractivity contribution in [2.45, 2.75) is 11.0 Å². The molecule has 18 heteroatoms. The summed E-state index contributed by atoms with van der Waals surface area (Å²) in [6, 6.07) is 16.2. The SMILES string of the molecule is O=S(=O)([O-])C(F)(F)F.O=S(=O)([O-])C(F)(F)F.c1ccc2[nH+]c[nH]c2c1.c1ccc2[nH+]c[nH]c2c1. The van der Waals surface area contributed by atoms with Crippen LogP contribution in [0.2, 0.25) is 0 Å². The second-order valence-corrected chi connectivity index (χ2v) is 8.50. The quantitative estimate of drug-likeness (QED) is 0.198. The third kappa shape index (κ3) is 9.33. The summed E-state index contributed by atoms with van der Waals surface area (Å²) in [7, 11) is -12.2. The van der Waals surface area contributed by atoms with E-state index in [2.05, 4.69) is 19.9 Å². The van der Waals surface area contributed by atoms with E-state index in [-0.39, 0.29) is 0 Å². The number of aromatic nitrogens is 4. The van der Waals surface area contributed by atoms with Gasteiger partial charge >= 0.3 is 11.0 Å². The van der Waals surface area contributed by atoms with E-state index < -0.39 is 31.3 Å². The minimum absolute atomic E-state index is 1.15. The van der Waals surface area contributed by atoms with E-state index in [1.165, 1.54) is 0 Å². The van der Waals surface area contributed by atoms with Crippen molar-refractivity contribution in [1.29, 1.82) is 0 Å². The molecule has 0 aliphatic carbocycles. The van der Waals surface area contributed by atoms with Gasteiger partial charge in [0.15, 0.2) is 42.3 Å². The highest BCUT2D eigenvalue weighted by Gasteiger charge is 2.37. The average molecular weight is 536 g/mol. The summed E-state index contributed by atoms with van der Waals surface area (Å²) in [4.78, 5) is 12.3. The lowest BCUT2D eigenvalue weighted by molar-refractivity contribution is -0.344. The molecule has 0 spiro atoms. The van der Waals surface area contributed by atoms with Gasteiger partial charge in [-0.25, -0.2) is 36.8 Å². The maximum Gasteiger partial charge on any atom is 0.485 e. The lowest BCUT2D eigenvalue weighted by Crippen LogP contribution is -2.21. The molecular formula is C16H14F6N4O6S2. The third-order valence-electron chi connectivity index (χ3n) is 3.33. The fraction of sp³-hybridized carbons (Fsp3) is 0.125. The van der Waals surface area contributed by atoms with E-state index in [9.17, 15) is 26.3 Å². The molecule has 0 radical (unpaired) electrons. The van der Waals surface area contributed by atoms with Gasteiger partial charge in [-0.15, -0.1) is 0 Å². The van der Waals surface area contributed by atoms with Crippen molar-refractivity contribution in [1.82, 2.24) is 9.97 Å². The fourth-order valence-corrected chi connectivity index (χ4v) is 1.85. The molecule has 10 nitrogen and oxygen atoms in total. The highest BCUT2D eigenvalue weighted by Crippen LogP contribution is 2.21. The molecule has 188 valence electrons. The van der Waals surface area contributed by atoms with Gasteiger partial charge in [0.1, 0.15) is 0 Å². The van der Waals surface area contributed by atoms with Crippen molar-refractivity contribution in [2.24, 2.45) is 0 Å². The summed E-state index contributed by atoms with van der Waals surface area (Å²) < 4.78 is 118. The van der Waals surface area contributed by atoms with E-state index in [4.69, 9.17) is 25.9 Å². The van der Waals surface area contributed by atoms with Crippen molar-refractivity contribution in [2.75, 3.05) is 0 Å². The number of nitrogens with one attached hydrogen (secondary N) is 4. The Labute approximate surface area is 187 Å². The first-order valence-corrected chi connectivity index (χ1v) is 11.2. The number of aromatic amines is 4. The molecule has 0 fully saturated rings. The molecule has 0 amide bonds. The molecule has 0 atom stereocenters. The highest BCUT2D eigenvalue weighted by atomic mass is 32.2. The van der Waals surface area contributed by atoms with Crippen LogP contribution in [0.5, 0.6) is 0 Å². The molecule has 0 unspecified atom stereocenters. The molecule has 0 aliphatic rings. The number of benzene rings is 2. The van der Waals surface area contributed by atoms with Gasteiger partial charge in [0.2, 0.25) is 12.7 Å². The lowest BCUT2D eigenvalue weighted by Gasteiger charge is -2.08. The van der Waals surface area contributed by atoms with Gasteiger partial charge in [-0.05, 0) is 24.3 Å². The third-order valence-corrected chi connectivity index (χ3v) is 4.47. The fourth-order valence-electron chi connectivity index (χ4n) is 1.85. The van der Waals surface area contributed by atoms with Gasteiger partial charge < -0.3 is 9.11 Å². The van der Waals surface area contributed by atoms with Crippen LogP contribution in [0, 0.1) is 0 Å². The minimum atomic E-state index is -6.09. The smallest absolute Gasteiger partial charge is 0.485 e. The first-order valence-electron chi connectivity index (χ1n) is 8.35. The Morgan fingerprint density at radius 1 is 0.618 bits per heavy atom. The van der Waals surface area contributed by atoms with Gasteiger partial charge in [0.25, 0.3) is 0 Å². The standard InChI is InChI=1S/2C7H6N2.2CHF3O3S/c2*1-2-4-7-6(3-1)8-5-9-7;2*2-1(3,4)8(5,6)7/h2*1-5H,(H,8,9);2*(H,5,6,7). The van der Waals surface area contributed by atoms with Crippen molar-refractivity contribution < 1.29 is 62.3 Å². The van der Waals surface area contributed by atoms with Crippen LogP contribution in [0.25, 0.3) is 22.1 Å². The van der Waals surface area contributed by atoms with Crippen molar-refractivity contribution >= 4 is 42.3 Å². The zero-order valence-electron chi connectivity index (χ0n) is 16.3. The number of imidazole rings is 2. The van der Waals surface area contributed by atoms with Gasteiger partial charge in [-0.1, -0.05) is 24.3 Å². The van der Waals surface area contributed by atoms with Gasteiger partial charge in [-0.2, -0.15) is 26.3 Å². The van der Waals surface area contributed by atoms with Crippen LogP contribution in [0.3, 0.4) is 0 Å². The predicted molar refractivity (Wildman–Crippen MR) is 101 cm³/mol. The summed E-state index contributed by atoms with van der Waals surface area (Å²) in [5.41, 5.74) is -6.69. The van der Waals surface area contributed by atoms with Gasteiger partial charge in [0, 0.05) is 0 Å². The van der Waals surface area contributed by atoms with Crippen LogP contribution in [-0.4, -0.2) is 46.9 Å². The molecule has 2 heterocycles. The van der Waals surface area contributed by atoms with E-state index in [0.29, 0.717) is 0 Å². The Morgan fingerprint density at radius 2 is 0.882 bits per heavy atom. The number of alkyl halides is 6. The summed E-state index contributed by atoms with van der Waals surface area (Å²) in [5, 5.41) is 0. The molecule has 4 rings (SSSR count). The molecule has 0 aliphatic heterocycles. The predicted octanol–water partition coefficient (Wildman–Crippen LogP) is 2.07. The van der Waals surface area contributed by atoms with Crippen LogP contribution in [0.1, 0.15) is 0 Å². The maximum absolute atomic E-state index is 10.7. The Morgan fingerprint density at radius 3 is 1.12 bits per heavy atom. The number of halogens is 6. The summed E-state index contributed by atoms with van der Waals surface area (Å²) >= 11 is 0. The topological polar surface area (TPSA) is 174 Å². The normalized spacial score (nSPS) is 12.0. The first kappa shape index (κ1) is 28.8. The van der Waals surface area contributed by atoms with Crippen molar-refractivity contribution in [3.63, 3.8) is 0 Å². The molecular weight excluding hydrogens is 522 g/mol. The van der Waals surface area contributed by atoms with Crippen LogP contribution in [0.4, 0.5) is 26.3 Å². The number of rotatable bonds is 0. The van der Waals surface area contributed by atoms with Crippen molar-refractivity contribution in [3.05, 3.63) is 61.2 Å². The zero-order chi connectivity index (χ0) is 26.2. The summed E-state index contributed by atoms with van der Waals surface area (Å²) in [6.07, 6.45) is 3.65. The molecule has 2 aromatic carbocycles. The lowest BCUT2D eigenvalue weighted by atomic mass is 10.3. The second-order valence-electron chi connectivity index (χ2n) is 5.76. The Bertz CT molecular complexity index is 1230. The van der Waals surface area contributed by atoms with Crippen LogP contribution in [-0.2, 0) is 20.2 Å². The number of hydrogen-bond donors (Lipinski definition) is 2. The van der Waals surface area contributed by atoms with Gasteiger partial charge in [-0.3, -0.25) is 0 Å². The average Bonchev–Trinajstić information content (AvgIpc) is 3.35. The summed E-state index contributed by atoms with van der Waals surface area (Å²) in [5.74, 6) is 0. The van der Waals surface area contributed by atoms with Crippen LogP contribution in [0.15, 0.2) is 61.2 Å². The summed E-state index contributed by atoms with van der Waals surface area (Å²) in [6.45, 7) is 0. The van der Waals surface area contributed by atoms with Crippen LogP contribution < -0.4 is 9.97 Å². The molecule has 0 saturated carbocycles. The molecule has 34 heavy (non-hydrogen) atoms. The number of H-pyrrole nitrogens is 4. The van der Waals surface area contributed by atoms with Crippen molar-refractivity contribution in [3.8, 4) is 0 Å². The molecule has 4 aromatic rings. The first-order chi connectivity index (χ1) is 15.4. The molecule has 0 saturated heterocycles.